The average molecular weight is 234 g/mol. The highest BCUT2D eigenvalue weighted by Gasteiger charge is 2.21. The zero-order valence-corrected chi connectivity index (χ0v) is 9.53. The van der Waals surface area contributed by atoms with E-state index in [1.165, 1.54) is 6.42 Å². The standard InChI is InChI=1S/C9H14O3S2/c10-7(3-1-4-8(11)12)9-13-5-2-6-14-9/h9H,1-6H2,(H,11,12). The van der Waals surface area contributed by atoms with Crippen LogP contribution in [-0.4, -0.2) is 32.9 Å². The minimum atomic E-state index is -0.818. The van der Waals surface area contributed by atoms with Gasteiger partial charge in [-0.3, -0.25) is 9.59 Å². The third-order valence-electron chi connectivity index (χ3n) is 1.90. The van der Waals surface area contributed by atoms with Crippen molar-refractivity contribution in [2.45, 2.75) is 30.3 Å². The van der Waals surface area contributed by atoms with Gasteiger partial charge in [-0.15, -0.1) is 23.5 Å². The number of carbonyl (C=O) groups is 2. The molecule has 1 fully saturated rings. The lowest BCUT2D eigenvalue weighted by atomic mass is 10.2. The lowest BCUT2D eigenvalue weighted by molar-refractivity contribution is -0.137. The Labute approximate surface area is 92.0 Å². The molecule has 0 spiro atoms. The number of rotatable bonds is 5. The number of carboxylic acids is 1. The lowest BCUT2D eigenvalue weighted by Gasteiger charge is -2.19. The van der Waals surface area contributed by atoms with E-state index in [1.807, 2.05) is 0 Å². The molecule has 80 valence electrons. The van der Waals surface area contributed by atoms with Crippen LogP contribution in [0.25, 0.3) is 0 Å². The van der Waals surface area contributed by atoms with Gasteiger partial charge in [0.2, 0.25) is 0 Å². The Bertz CT molecular complexity index is 212. The van der Waals surface area contributed by atoms with Gasteiger partial charge in [-0.1, -0.05) is 0 Å². The number of thioether (sulfide) groups is 2. The molecule has 1 aliphatic rings. The van der Waals surface area contributed by atoms with Crippen LogP contribution in [0, 0.1) is 0 Å². The highest BCUT2D eigenvalue weighted by atomic mass is 32.2. The first kappa shape index (κ1) is 11.9. The summed E-state index contributed by atoms with van der Waals surface area (Å²) in [5.74, 6) is 1.51. The molecule has 1 rings (SSSR count). The lowest BCUT2D eigenvalue weighted by Crippen LogP contribution is -2.18. The van der Waals surface area contributed by atoms with Crippen LogP contribution in [0.1, 0.15) is 25.7 Å². The predicted molar refractivity (Wildman–Crippen MR) is 59.8 cm³/mol. The molecule has 1 heterocycles. The summed E-state index contributed by atoms with van der Waals surface area (Å²) in [5.41, 5.74) is 0. The Morgan fingerprint density at radius 2 is 1.86 bits per heavy atom. The average Bonchev–Trinajstić information content (AvgIpc) is 2.18. The van der Waals surface area contributed by atoms with Crippen LogP contribution < -0.4 is 0 Å². The van der Waals surface area contributed by atoms with E-state index >= 15 is 0 Å². The summed E-state index contributed by atoms with van der Waals surface area (Å²) < 4.78 is 0.0672. The van der Waals surface area contributed by atoms with Crippen molar-refractivity contribution >= 4 is 35.3 Å². The van der Waals surface area contributed by atoms with Gasteiger partial charge in [-0.2, -0.15) is 0 Å². The number of Topliss-reactive ketones (excluding diaryl/α,β-unsaturated/α-hetero) is 1. The van der Waals surface area contributed by atoms with Crippen LogP contribution in [-0.2, 0) is 9.59 Å². The summed E-state index contributed by atoms with van der Waals surface area (Å²) in [4.78, 5) is 21.8. The van der Waals surface area contributed by atoms with Crippen molar-refractivity contribution in [1.82, 2.24) is 0 Å². The van der Waals surface area contributed by atoms with Crippen molar-refractivity contribution < 1.29 is 14.7 Å². The van der Waals surface area contributed by atoms with E-state index in [0.29, 0.717) is 12.8 Å². The number of carbonyl (C=O) groups excluding carboxylic acids is 1. The highest BCUT2D eigenvalue weighted by Crippen LogP contribution is 2.32. The molecule has 0 radical (unpaired) electrons. The molecule has 0 aliphatic carbocycles. The van der Waals surface area contributed by atoms with Gasteiger partial charge < -0.3 is 5.11 Å². The number of hydrogen-bond acceptors (Lipinski definition) is 4. The number of aliphatic carboxylic acids is 1. The van der Waals surface area contributed by atoms with Gasteiger partial charge in [0.05, 0.1) is 0 Å². The largest absolute Gasteiger partial charge is 0.481 e. The van der Waals surface area contributed by atoms with Crippen molar-refractivity contribution in [2.24, 2.45) is 0 Å². The van der Waals surface area contributed by atoms with E-state index in [1.54, 1.807) is 23.5 Å². The molecule has 0 aromatic carbocycles. The fourth-order valence-electron chi connectivity index (χ4n) is 1.21. The van der Waals surface area contributed by atoms with Crippen molar-refractivity contribution in [3.05, 3.63) is 0 Å². The monoisotopic (exact) mass is 234 g/mol. The molecular formula is C9H14O3S2. The number of ketones is 1. The normalized spacial score (nSPS) is 18.0. The molecule has 0 amide bonds. The second kappa shape index (κ2) is 6.35. The Hall–Kier alpha value is -0.160. The molecule has 1 saturated heterocycles. The van der Waals surface area contributed by atoms with Gasteiger partial charge in [-0.05, 0) is 24.3 Å². The van der Waals surface area contributed by atoms with Crippen LogP contribution in [0.15, 0.2) is 0 Å². The van der Waals surface area contributed by atoms with Crippen molar-refractivity contribution in [2.75, 3.05) is 11.5 Å². The second-order valence-electron chi connectivity index (χ2n) is 3.14. The first-order valence-electron chi connectivity index (χ1n) is 4.68. The quantitative estimate of drug-likeness (QED) is 0.788. The molecule has 0 aromatic rings. The van der Waals surface area contributed by atoms with Crippen LogP contribution in [0.5, 0.6) is 0 Å². The van der Waals surface area contributed by atoms with E-state index < -0.39 is 5.97 Å². The van der Waals surface area contributed by atoms with Crippen molar-refractivity contribution in [3.63, 3.8) is 0 Å². The number of hydrogen-bond donors (Lipinski definition) is 1. The molecule has 1 aliphatic heterocycles. The van der Waals surface area contributed by atoms with E-state index in [0.717, 1.165) is 11.5 Å². The SMILES string of the molecule is O=C(O)CCCC(=O)C1SCCCS1. The van der Waals surface area contributed by atoms with Crippen molar-refractivity contribution in [3.8, 4) is 0 Å². The molecule has 5 heteroatoms. The van der Waals surface area contributed by atoms with E-state index in [9.17, 15) is 9.59 Å². The smallest absolute Gasteiger partial charge is 0.303 e. The van der Waals surface area contributed by atoms with Crippen LogP contribution in [0.3, 0.4) is 0 Å². The summed E-state index contributed by atoms with van der Waals surface area (Å²) in [6, 6.07) is 0. The predicted octanol–water partition coefficient (Wildman–Crippen LogP) is 2.01. The molecule has 1 N–H and O–H groups in total. The van der Waals surface area contributed by atoms with Gasteiger partial charge in [0.15, 0.2) is 5.78 Å². The maximum Gasteiger partial charge on any atom is 0.303 e. The van der Waals surface area contributed by atoms with Gasteiger partial charge in [0.25, 0.3) is 0 Å². The summed E-state index contributed by atoms with van der Waals surface area (Å²) >= 11 is 3.39. The third-order valence-corrected chi connectivity index (χ3v) is 4.90. The van der Waals surface area contributed by atoms with E-state index in [-0.39, 0.29) is 16.8 Å². The summed E-state index contributed by atoms with van der Waals surface area (Å²) in [6.45, 7) is 0. The Morgan fingerprint density at radius 3 is 2.43 bits per heavy atom. The van der Waals surface area contributed by atoms with E-state index in [4.69, 9.17) is 5.11 Å². The second-order valence-corrected chi connectivity index (χ2v) is 5.87. The minimum Gasteiger partial charge on any atom is -0.481 e. The minimum absolute atomic E-state index is 0.0672. The van der Waals surface area contributed by atoms with Gasteiger partial charge in [-0.25, -0.2) is 0 Å². The zero-order valence-electron chi connectivity index (χ0n) is 7.90. The molecular weight excluding hydrogens is 220 g/mol. The molecule has 14 heavy (non-hydrogen) atoms. The molecule has 0 aromatic heterocycles. The molecule has 3 nitrogen and oxygen atoms in total. The van der Waals surface area contributed by atoms with Gasteiger partial charge in [0.1, 0.15) is 4.58 Å². The number of carboxylic acid groups (broad SMARTS) is 1. The van der Waals surface area contributed by atoms with E-state index in [2.05, 4.69) is 0 Å². The topological polar surface area (TPSA) is 54.4 Å². The first-order chi connectivity index (χ1) is 6.70. The first-order valence-corrected chi connectivity index (χ1v) is 6.77. The summed E-state index contributed by atoms with van der Waals surface area (Å²) in [7, 11) is 0. The van der Waals surface area contributed by atoms with Crippen LogP contribution in [0.2, 0.25) is 0 Å². The maximum absolute atomic E-state index is 11.5. The van der Waals surface area contributed by atoms with Gasteiger partial charge >= 0.3 is 5.97 Å². The molecule has 0 bridgehead atoms. The maximum atomic E-state index is 11.5. The fraction of sp³-hybridized carbons (Fsp3) is 0.778. The van der Waals surface area contributed by atoms with Crippen LogP contribution >= 0.6 is 23.5 Å². The Morgan fingerprint density at radius 1 is 1.21 bits per heavy atom. The van der Waals surface area contributed by atoms with Crippen LogP contribution in [0.4, 0.5) is 0 Å². The molecule has 0 unspecified atom stereocenters. The Kier molecular flexibility index (Phi) is 5.40. The van der Waals surface area contributed by atoms with Crippen molar-refractivity contribution in [1.29, 1.82) is 0 Å². The third kappa shape index (κ3) is 4.37. The Balaban J connectivity index is 2.16. The molecule has 0 saturated carbocycles. The summed E-state index contributed by atoms with van der Waals surface area (Å²) in [6.07, 6.45) is 2.17. The summed E-state index contributed by atoms with van der Waals surface area (Å²) in [5, 5.41) is 8.41. The zero-order chi connectivity index (χ0) is 10.4. The molecule has 0 atom stereocenters. The van der Waals surface area contributed by atoms with Gasteiger partial charge in [0, 0.05) is 12.8 Å². The highest BCUT2D eigenvalue weighted by molar-refractivity contribution is 8.18. The fourth-order valence-corrected chi connectivity index (χ4v) is 4.01.